The number of halogens is 1. The van der Waals surface area contributed by atoms with Gasteiger partial charge in [-0.15, -0.1) is 0 Å². The molecule has 0 heterocycles. The number of carbonyl (C=O) groups excluding carboxylic acids is 1. The van der Waals surface area contributed by atoms with Gasteiger partial charge in [-0.05, 0) is 44.4 Å². The number of Topliss-reactive ketones (excluding diaryl/α,β-unsaturated/α-hetero) is 1. The third kappa shape index (κ3) is 5.94. The molecule has 3 atom stereocenters. The summed E-state index contributed by atoms with van der Waals surface area (Å²) in [5.74, 6) is -0.931. The van der Waals surface area contributed by atoms with E-state index >= 15 is 0 Å². The van der Waals surface area contributed by atoms with Gasteiger partial charge in [0.1, 0.15) is 11.6 Å². The minimum Gasteiger partial charge on any atom is -0.390 e. The summed E-state index contributed by atoms with van der Waals surface area (Å²) >= 11 is 0. The minimum absolute atomic E-state index is 0.0854. The van der Waals surface area contributed by atoms with Gasteiger partial charge in [0, 0.05) is 12.5 Å². The highest BCUT2D eigenvalue weighted by Gasteiger charge is 2.29. The van der Waals surface area contributed by atoms with E-state index in [1.165, 1.54) is 19.1 Å². The molecule has 0 aromatic heterocycles. The standard InChI is InChI=1S/C17H25FO3/c1-4-5-10-21-13(3)17(20)16(12(2)19)11-14-6-8-15(18)9-7-14/h6-9,13,16-17,20H,4-5,10-11H2,1-3H3/t13-,16-,17-/m0/s1. The molecule has 118 valence electrons. The molecule has 0 saturated heterocycles. The molecule has 0 saturated carbocycles. The molecule has 1 N–H and O–H groups in total. The monoisotopic (exact) mass is 296 g/mol. The van der Waals surface area contributed by atoms with Crippen LogP contribution < -0.4 is 0 Å². The maximum Gasteiger partial charge on any atom is 0.135 e. The Kier molecular flexibility index (Phi) is 7.54. The maximum absolute atomic E-state index is 12.9. The Balaban J connectivity index is 2.67. The molecule has 0 radical (unpaired) electrons. The molecule has 0 aliphatic rings. The molecule has 1 aromatic carbocycles. The molecule has 3 nitrogen and oxygen atoms in total. The van der Waals surface area contributed by atoms with Crippen molar-refractivity contribution in [3.63, 3.8) is 0 Å². The summed E-state index contributed by atoms with van der Waals surface area (Å²) in [7, 11) is 0. The second-order valence-corrected chi connectivity index (χ2v) is 5.47. The van der Waals surface area contributed by atoms with Gasteiger partial charge in [0.25, 0.3) is 0 Å². The third-order valence-electron chi connectivity index (χ3n) is 3.66. The third-order valence-corrected chi connectivity index (χ3v) is 3.66. The Bertz CT molecular complexity index is 430. The molecule has 0 amide bonds. The minimum atomic E-state index is -0.857. The Hall–Kier alpha value is -1.26. The Labute approximate surface area is 126 Å². The van der Waals surface area contributed by atoms with E-state index in [1.54, 1.807) is 19.1 Å². The lowest BCUT2D eigenvalue weighted by molar-refractivity contribution is -0.129. The van der Waals surface area contributed by atoms with Crippen molar-refractivity contribution in [2.45, 2.75) is 52.2 Å². The van der Waals surface area contributed by atoms with Gasteiger partial charge < -0.3 is 9.84 Å². The molecule has 0 aliphatic carbocycles. The summed E-state index contributed by atoms with van der Waals surface area (Å²) in [6.07, 6.45) is 1.09. The van der Waals surface area contributed by atoms with Crippen LogP contribution in [-0.4, -0.2) is 29.7 Å². The van der Waals surface area contributed by atoms with E-state index in [9.17, 15) is 14.3 Å². The molecule has 0 bridgehead atoms. The summed E-state index contributed by atoms with van der Waals surface area (Å²) in [5, 5.41) is 10.3. The van der Waals surface area contributed by atoms with Gasteiger partial charge in [0.05, 0.1) is 12.2 Å². The van der Waals surface area contributed by atoms with Crippen molar-refractivity contribution in [2.75, 3.05) is 6.61 Å². The fraction of sp³-hybridized carbons (Fsp3) is 0.588. The number of rotatable bonds is 9. The van der Waals surface area contributed by atoms with Crippen molar-refractivity contribution in [1.82, 2.24) is 0 Å². The summed E-state index contributed by atoms with van der Waals surface area (Å²) < 4.78 is 18.5. The van der Waals surface area contributed by atoms with Gasteiger partial charge in [0.2, 0.25) is 0 Å². The van der Waals surface area contributed by atoms with E-state index in [0.29, 0.717) is 13.0 Å². The first-order valence-electron chi connectivity index (χ1n) is 7.50. The summed E-state index contributed by atoms with van der Waals surface area (Å²) in [6.45, 7) is 5.89. The predicted molar refractivity (Wildman–Crippen MR) is 80.6 cm³/mol. The van der Waals surface area contributed by atoms with Crippen LogP contribution in [0.4, 0.5) is 4.39 Å². The molecular formula is C17H25FO3. The van der Waals surface area contributed by atoms with Crippen LogP contribution in [0.15, 0.2) is 24.3 Å². The number of hydrogen-bond donors (Lipinski definition) is 1. The van der Waals surface area contributed by atoms with Crippen molar-refractivity contribution in [1.29, 1.82) is 0 Å². The fourth-order valence-corrected chi connectivity index (χ4v) is 2.22. The van der Waals surface area contributed by atoms with Crippen molar-refractivity contribution in [3.05, 3.63) is 35.6 Å². The second-order valence-electron chi connectivity index (χ2n) is 5.47. The Morgan fingerprint density at radius 3 is 2.48 bits per heavy atom. The average molecular weight is 296 g/mol. The fourth-order valence-electron chi connectivity index (χ4n) is 2.22. The van der Waals surface area contributed by atoms with E-state index in [1.807, 2.05) is 0 Å². The first-order valence-corrected chi connectivity index (χ1v) is 7.50. The van der Waals surface area contributed by atoms with Crippen LogP contribution in [0.25, 0.3) is 0 Å². The topological polar surface area (TPSA) is 46.5 Å². The second kappa shape index (κ2) is 8.90. The van der Waals surface area contributed by atoms with Crippen LogP contribution in [-0.2, 0) is 16.0 Å². The van der Waals surface area contributed by atoms with Crippen molar-refractivity contribution in [2.24, 2.45) is 5.92 Å². The predicted octanol–water partition coefficient (Wildman–Crippen LogP) is 3.14. The van der Waals surface area contributed by atoms with E-state index < -0.39 is 18.1 Å². The van der Waals surface area contributed by atoms with Crippen molar-refractivity contribution < 1.29 is 19.0 Å². The zero-order chi connectivity index (χ0) is 15.8. The Morgan fingerprint density at radius 2 is 1.95 bits per heavy atom. The average Bonchev–Trinajstić information content (AvgIpc) is 2.45. The van der Waals surface area contributed by atoms with Gasteiger partial charge >= 0.3 is 0 Å². The largest absolute Gasteiger partial charge is 0.390 e. The van der Waals surface area contributed by atoms with Crippen LogP contribution in [0.1, 0.15) is 39.2 Å². The molecule has 1 aromatic rings. The van der Waals surface area contributed by atoms with Gasteiger partial charge in [-0.25, -0.2) is 4.39 Å². The SMILES string of the molecule is CCCCO[C@@H](C)[C@H](O)[C@@H](Cc1ccc(F)cc1)C(C)=O. The zero-order valence-electron chi connectivity index (χ0n) is 13.0. The van der Waals surface area contributed by atoms with E-state index in [0.717, 1.165) is 18.4 Å². The van der Waals surface area contributed by atoms with Crippen molar-refractivity contribution in [3.8, 4) is 0 Å². The van der Waals surface area contributed by atoms with E-state index in [2.05, 4.69) is 6.92 Å². The molecule has 0 aliphatic heterocycles. The lowest BCUT2D eigenvalue weighted by Crippen LogP contribution is -2.38. The van der Waals surface area contributed by atoms with Gasteiger partial charge in [-0.2, -0.15) is 0 Å². The number of ether oxygens (including phenoxy) is 1. The van der Waals surface area contributed by atoms with Crippen LogP contribution in [0.5, 0.6) is 0 Å². The first-order chi connectivity index (χ1) is 9.95. The summed E-state index contributed by atoms with van der Waals surface area (Å²) in [4.78, 5) is 11.8. The zero-order valence-corrected chi connectivity index (χ0v) is 13.0. The van der Waals surface area contributed by atoms with Crippen LogP contribution in [0.2, 0.25) is 0 Å². The van der Waals surface area contributed by atoms with Crippen LogP contribution in [0, 0.1) is 11.7 Å². The number of unbranched alkanes of at least 4 members (excludes halogenated alkanes) is 1. The van der Waals surface area contributed by atoms with Gasteiger partial charge in [-0.1, -0.05) is 25.5 Å². The van der Waals surface area contributed by atoms with Crippen molar-refractivity contribution >= 4 is 5.78 Å². The number of carbonyl (C=O) groups is 1. The smallest absolute Gasteiger partial charge is 0.135 e. The van der Waals surface area contributed by atoms with Crippen LogP contribution in [0.3, 0.4) is 0 Å². The molecular weight excluding hydrogens is 271 g/mol. The van der Waals surface area contributed by atoms with E-state index in [-0.39, 0.29) is 11.6 Å². The van der Waals surface area contributed by atoms with Gasteiger partial charge in [0.15, 0.2) is 0 Å². The molecule has 0 fully saturated rings. The molecule has 4 heteroatoms. The molecule has 21 heavy (non-hydrogen) atoms. The number of hydrogen-bond acceptors (Lipinski definition) is 3. The highest BCUT2D eigenvalue weighted by atomic mass is 19.1. The maximum atomic E-state index is 12.9. The number of aliphatic hydroxyl groups excluding tert-OH is 1. The van der Waals surface area contributed by atoms with E-state index in [4.69, 9.17) is 4.74 Å². The van der Waals surface area contributed by atoms with Crippen LogP contribution >= 0.6 is 0 Å². The Morgan fingerprint density at radius 1 is 1.33 bits per heavy atom. The number of aliphatic hydroxyl groups is 1. The number of benzene rings is 1. The highest BCUT2D eigenvalue weighted by Crippen LogP contribution is 2.18. The first kappa shape index (κ1) is 17.8. The summed E-state index contributed by atoms with van der Waals surface area (Å²) in [6, 6.07) is 6.00. The quantitative estimate of drug-likeness (QED) is 0.712. The molecule has 1 rings (SSSR count). The summed E-state index contributed by atoms with van der Waals surface area (Å²) in [5.41, 5.74) is 0.830. The normalized spacial score (nSPS) is 15.5. The highest BCUT2D eigenvalue weighted by molar-refractivity contribution is 5.79. The molecule has 0 spiro atoms. The molecule has 0 unspecified atom stereocenters. The number of ketones is 1. The lowest BCUT2D eigenvalue weighted by Gasteiger charge is -2.26. The van der Waals surface area contributed by atoms with Gasteiger partial charge in [-0.3, -0.25) is 4.79 Å². The lowest BCUT2D eigenvalue weighted by atomic mass is 9.88.